The molecule has 0 aromatic heterocycles. The van der Waals surface area contributed by atoms with Crippen LogP contribution in [0.2, 0.25) is 0 Å². The molecule has 1 fully saturated rings. The lowest BCUT2D eigenvalue weighted by molar-refractivity contribution is 0.351. The van der Waals surface area contributed by atoms with Crippen molar-refractivity contribution in [2.75, 3.05) is 25.7 Å². The maximum atomic E-state index is 11.6. The summed E-state index contributed by atoms with van der Waals surface area (Å²) in [4.78, 5) is 0. The summed E-state index contributed by atoms with van der Waals surface area (Å²) in [6.07, 6.45) is 0.617. The summed E-state index contributed by atoms with van der Waals surface area (Å²) >= 11 is 0. The first-order valence-electron chi connectivity index (χ1n) is 6.39. The van der Waals surface area contributed by atoms with E-state index in [0.29, 0.717) is 17.9 Å². The molecule has 1 aliphatic heterocycles. The smallest absolute Gasteiger partial charge is 0.161 e. The Morgan fingerprint density at radius 1 is 1.30 bits per heavy atom. The van der Waals surface area contributed by atoms with E-state index in [1.165, 1.54) is 0 Å². The van der Waals surface area contributed by atoms with Crippen LogP contribution >= 0.6 is 0 Å². The second-order valence-corrected chi connectivity index (χ2v) is 7.15. The van der Waals surface area contributed by atoms with Crippen molar-refractivity contribution in [1.82, 2.24) is 5.43 Å². The van der Waals surface area contributed by atoms with Crippen LogP contribution in [0.5, 0.6) is 11.5 Å². The topological polar surface area (TPSA) is 90.6 Å². The number of hydrazine groups is 1. The third kappa shape index (κ3) is 3.05. The Hall–Kier alpha value is -1.31. The highest BCUT2D eigenvalue weighted by molar-refractivity contribution is 7.91. The molecule has 0 aliphatic carbocycles. The van der Waals surface area contributed by atoms with Gasteiger partial charge in [0.15, 0.2) is 21.3 Å². The van der Waals surface area contributed by atoms with E-state index in [1.54, 1.807) is 20.3 Å². The minimum atomic E-state index is -2.94. The zero-order valence-corrected chi connectivity index (χ0v) is 12.4. The Bertz CT molecular complexity index is 574. The fourth-order valence-corrected chi connectivity index (χ4v) is 4.48. The van der Waals surface area contributed by atoms with E-state index in [9.17, 15) is 8.42 Å². The Morgan fingerprint density at radius 2 is 2.00 bits per heavy atom. The molecule has 0 bridgehead atoms. The first-order chi connectivity index (χ1) is 9.50. The lowest BCUT2D eigenvalue weighted by Gasteiger charge is -2.23. The molecule has 6 nitrogen and oxygen atoms in total. The van der Waals surface area contributed by atoms with Crippen LogP contribution in [0.1, 0.15) is 18.0 Å². The van der Waals surface area contributed by atoms with Gasteiger partial charge in [0.05, 0.1) is 25.7 Å². The van der Waals surface area contributed by atoms with Crippen molar-refractivity contribution in [3.05, 3.63) is 23.8 Å². The number of benzene rings is 1. The summed E-state index contributed by atoms with van der Waals surface area (Å²) in [5.41, 5.74) is 3.62. The third-order valence-corrected chi connectivity index (χ3v) is 5.48. The van der Waals surface area contributed by atoms with Crippen molar-refractivity contribution < 1.29 is 17.9 Å². The van der Waals surface area contributed by atoms with Gasteiger partial charge in [-0.25, -0.2) is 8.42 Å². The van der Waals surface area contributed by atoms with Gasteiger partial charge >= 0.3 is 0 Å². The molecule has 3 N–H and O–H groups in total. The van der Waals surface area contributed by atoms with Gasteiger partial charge in [-0.05, 0) is 30.0 Å². The van der Waals surface area contributed by atoms with Crippen molar-refractivity contribution >= 4 is 9.84 Å². The maximum Gasteiger partial charge on any atom is 0.161 e. The molecule has 2 rings (SSSR count). The Balaban J connectivity index is 2.28. The average molecular weight is 300 g/mol. The molecule has 1 heterocycles. The SMILES string of the molecule is COc1ccc(C(NN)C2CCS(=O)(=O)C2)cc1OC. The second-order valence-electron chi connectivity index (χ2n) is 4.92. The minimum Gasteiger partial charge on any atom is -0.493 e. The summed E-state index contributed by atoms with van der Waals surface area (Å²) in [5.74, 6) is 7.22. The number of sulfone groups is 1. The van der Waals surface area contributed by atoms with E-state index < -0.39 is 9.84 Å². The standard InChI is InChI=1S/C13H20N2O4S/c1-18-11-4-3-9(7-12(11)19-2)13(15-14)10-5-6-20(16,17)8-10/h3-4,7,10,13,15H,5-6,8,14H2,1-2H3. The van der Waals surface area contributed by atoms with Crippen LogP contribution in [-0.4, -0.2) is 34.1 Å². The number of rotatable bonds is 5. The number of nitrogens with two attached hydrogens (primary N) is 1. The lowest BCUT2D eigenvalue weighted by atomic mass is 9.93. The van der Waals surface area contributed by atoms with Crippen molar-refractivity contribution in [3.63, 3.8) is 0 Å². The highest BCUT2D eigenvalue weighted by Gasteiger charge is 2.34. The van der Waals surface area contributed by atoms with Gasteiger partial charge in [0, 0.05) is 6.04 Å². The molecule has 0 saturated carbocycles. The quantitative estimate of drug-likeness (QED) is 0.613. The van der Waals surface area contributed by atoms with E-state index in [4.69, 9.17) is 15.3 Å². The summed E-state index contributed by atoms with van der Waals surface area (Å²) in [7, 11) is 0.193. The molecule has 0 amide bonds. The Kier molecular flexibility index (Phi) is 4.52. The van der Waals surface area contributed by atoms with Crippen molar-refractivity contribution in [1.29, 1.82) is 0 Å². The number of nitrogens with one attached hydrogen (secondary N) is 1. The lowest BCUT2D eigenvalue weighted by Crippen LogP contribution is -2.34. The number of hydrogen-bond acceptors (Lipinski definition) is 6. The molecule has 1 aliphatic rings. The van der Waals surface area contributed by atoms with Gasteiger partial charge in [0.2, 0.25) is 0 Å². The maximum absolute atomic E-state index is 11.6. The second kappa shape index (κ2) is 5.99. The van der Waals surface area contributed by atoms with Crippen LogP contribution in [0.3, 0.4) is 0 Å². The normalized spacial score (nSPS) is 22.4. The molecule has 7 heteroatoms. The third-order valence-electron chi connectivity index (χ3n) is 3.69. The van der Waals surface area contributed by atoms with Gasteiger partial charge in [0.25, 0.3) is 0 Å². The molecule has 0 radical (unpaired) electrons. The van der Waals surface area contributed by atoms with E-state index >= 15 is 0 Å². The summed E-state index contributed by atoms with van der Waals surface area (Å²) < 4.78 is 33.7. The molecule has 20 heavy (non-hydrogen) atoms. The summed E-state index contributed by atoms with van der Waals surface area (Å²) in [5, 5.41) is 0. The molecular formula is C13H20N2O4S. The first kappa shape index (κ1) is 15.1. The summed E-state index contributed by atoms with van der Waals surface area (Å²) in [6, 6.07) is 5.28. The van der Waals surface area contributed by atoms with E-state index in [2.05, 4.69) is 5.43 Å². The average Bonchev–Trinajstić information content (AvgIpc) is 2.79. The zero-order chi connectivity index (χ0) is 14.8. The molecule has 1 aromatic rings. The molecular weight excluding hydrogens is 280 g/mol. The Labute approximate surface area is 119 Å². The van der Waals surface area contributed by atoms with Crippen LogP contribution in [0, 0.1) is 5.92 Å². The van der Waals surface area contributed by atoms with Crippen LogP contribution in [0.15, 0.2) is 18.2 Å². The van der Waals surface area contributed by atoms with Gasteiger partial charge in [-0.3, -0.25) is 11.3 Å². The zero-order valence-electron chi connectivity index (χ0n) is 11.6. The van der Waals surface area contributed by atoms with Crippen molar-refractivity contribution in [3.8, 4) is 11.5 Å². The van der Waals surface area contributed by atoms with Gasteiger partial charge in [0.1, 0.15) is 0 Å². The van der Waals surface area contributed by atoms with Gasteiger partial charge in [-0.1, -0.05) is 6.07 Å². The number of ether oxygens (including phenoxy) is 2. The fourth-order valence-electron chi connectivity index (χ4n) is 2.64. The minimum absolute atomic E-state index is 0.0249. The monoisotopic (exact) mass is 300 g/mol. The molecule has 0 spiro atoms. The molecule has 112 valence electrons. The highest BCUT2D eigenvalue weighted by Crippen LogP contribution is 2.35. The van der Waals surface area contributed by atoms with Gasteiger partial charge in [-0.15, -0.1) is 0 Å². The fraction of sp³-hybridized carbons (Fsp3) is 0.538. The van der Waals surface area contributed by atoms with E-state index in [-0.39, 0.29) is 23.5 Å². The van der Waals surface area contributed by atoms with Crippen LogP contribution < -0.4 is 20.7 Å². The predicted molar refractivity (Wildman–Crippen MR) is 76.4 cm³/mol. The molecule has 1 saturated heterocycles. The van der Waals surface area contributed by atoms with Crippen LogP contribution in [0.4, 0.5) is 0 Å². The molecule has 2 atom stereocenters. The van der Waals surface area contributed by atoms with E-state index in [0.717, 1.165) is 5.56 Å². The molecule has 2 unspecified atom stereocenters. The first-order valence-corrected chi connectivity index (χ1v) is 8.21. The van der Waals surface area contributed by atoms with Crippen molar-refractivity contribution in [2.24, 2.45) is 11.8 Å². The number of methoxy groups -OCH3 is 2. The van der Waals surface area contributed by atoms with E-state index in [1.807, 2.05) is 12.1 Å². The molecule has 1 aromatic carbocycles. The van der Waals surface area contributed by atoms with Crippen LogP contribution in [-0.2, 0) is 9.84 Å². The van der Waals surface area contributed by atoms with Crippen molar-refractivity contribution in [2.45, 2.75) is 12.5 Å². The van der Waals surface area contributed by atoms with Crippen LogP contribution in [0.25, 0.3) is 0 Å². The van der Waals surface area contributed by atoms with Gasteiger partial charge in [-0.2, -0.15) is 0 Å². The predicted octanol–water partition coefficient (Wildman–Crippen LogP) is 0.643. The van der Waals surface area contributed by atoms with Gasteiger partial charge < -0.3 is 9.47 Å². The number of hydrogen-bond donors (Lipinski definition) is 2. The summed E-state index contributed by atoms with van der Waals surface area (Å²) in [6.45, 7) is 0. The Morgan fingerprint density at radius 3 is 2.50 bits per heavy atom. The largest absolute Gasteiger partial charge is 0.493 e. The highest BCUT2D eigenvalue weighted by atomic mass is 32.2.